The molecule has 7 heteroatoms. The number of halogens is 1. The zero-order valence-electron chi connectivity index (χ0n) is 12.2. The molecule has 1 rings (SSSR count). The smallest absolute Gasteiger partial charge is 0.191 e. The highest BCUT2D eigenvalue weighted by Gasteiger charge is 2.23. The molecule has 0 aliphatic heterocycles. The van der Waals surface area contributed by atoms with E-state index in [4.69, 9.17) is 4.74 Å². The van der Waals surface area contributed by atoms with Gasteiger partial charge in [-0.2, -0.15) is 0 Å². The van der Waals surface area contributed by atoms with Crippen LogP contribution >= 0.6 is 35.3 Å². The van der Waals surface area contributed by atoms with Crippen molar-refractivity contribution in [3.8, 4) is 0 Å². The van der Waals surface area contributed by atoms with Crippen LogP contribution in [-0.4, -0.2) is 44.4 Å². The molecule has 3 N–H and O–H groups in total. The van der Waals surface area contributed by atoms with Crippen molar-refractivity contribution in [1.29, 1.82) is 0 Å². The van der Waals surface area contributed by atoms with Crippen LogP contribution in [0.25, 0.3) is 0 Å². The van der Waals surface area contributed by atoms with Crippen LogP contribution in [0.3, 0.4) is 0 Å². The summed E-state index contributed by atoms with van der Waals surface area (Å²) in [5, 5.41) is 18.6. The lowest BCUT2D eigenvalue weighted by molar-refractivity contribution is 0.0711. The van der Waals surface area contributed by atoms with E-state index in [9.17, 15) is 5.11 Å². The number of nitrogens with one attached hydrogen (secondary N) is 2. The van der Waals surface area contributed by atoms with Gasteiger partial charge < -0.3 is 20.5 Å². The highest BCUT2D eigenvalue weighted by Crippen LogP contribution is 2.25. The van der Waals surface area contributed by atoms with E-state index in [2.05, 4.69) is 15.6 Å². The topological polar surface area (TPSA) is 65.9 Å². The van der Waals surface area contributed by atoms with E-state index < -0.39 is 5.60 Å². The molecule has 1 aromatic rings. The first-order valence-electron chi connectivity index (χ1n) is 6.37. The third-order valence-electron chi connectivity index (χ3n) is 2.54. The molecular formula is C13H24IN3O2S. The fourth-order valence-electron chi connectivity index (χ4n) is 1.51. The standard InChI is InChI=1S/C13H23N3O2S.HI/c1-4-14-12(15-7-8-18-3)16-10-13(2,17)11-6-5-9-19-11;/h5-6,9,17H,4,7-8,10H2,1-3H3,(H2,14,15,16);1H. The predicted molar refractivity (Wildman–Crippen MR) is 95.2 cm³/mol. The van der Waals surface area contributed by atoms with Crippen LogP contribution in [0.4, 0.5) is 0 Å². The van der Waals surface area contributed by atoms with Crippen molar-refractivity contribution in [3.05, 3.63) is 22.4 Å². The van der Waals surface area contributed by atoms with Gasteiger partial charge in [0.25, 0.3) is 0 Å². The molecule has 1 atom stereocenters. The molecule has 0 spiro atoms. The largest absolute Gasteiger partial charge is 0.383 e. The Kier molecular flexibility index (Phi) is 10.2. The van der Waals surface area contributed by atoms with Crippen LogP contribution in [0.15, 0.2) is 22.5 Å². The molecule has 0 aliphatic rings. The van der Waals surface area contributed by atoms with Crippen LogP contribution in [0.1, 0.15) is 18.7 Å². The van der Waals surface area contributed by atoms with Gasteiger partial charge in [0.1, 0.15) is 5.60 Å². The number of aliphatic hydroxyl groups is 1. The van der Waals surface area contributed by atoms with Gasteiger partial charge in [-0.1, -0.05) is 6.07 Å². The first kappa shape index (κ1) is 19.6. The Morgan fingerprint density at radius 3 is 2.80 bits per heavy atom. The van der Waals surface area contributed by atoms with Crippen molar-refractivity contribution in [2.24, 2.45) is 4.99 Å². The minimum absolute atomic E-state index is 0. The number of guanidine groups is 1. The Labute approximate surface area is 141 Å². The van der Waals surface area contributed by atoms with Gasteiger partial charge in [0, 0.05) is 25.1 Å². The zero-order valence-corrected chi connectivity index (χ0v) is 15.3. The van der Waals surface area contributed by atoms with Crippen molar-refractivity contribution in [3.63, 3.8) is 0 Å². The van der Waals surface area contributed by atoms with E-state index in [1.807, 2.05) is 24.4 Å². The lowest BCUT2D eigenvalue weighted by Crippen LogP contribution is -2.40. The number of ether oxygens (including phenoxy) is 1. The number of methoxy groups -OCH3 is 1. The second-order valence-corrected chi connectivity index (χ2v) is 5.31. The van der Waals surface area contributed by atoms with E-state index >= 15 is 0 Å². The Morgan fingerprint density at radius 1 is 1.50 bits per heavy atom. The third-order valence-corrected chi connectivity index (χ3v) is 3.66. The second-order valence-electron chi connectivity index (χ2n) is 4.37. The maximum Gasteiger partial charge on any atom is 0.191 e. The fraction of sp³-hybridized carbons (Fsp3) is 0.615. The number of aliphatic imine (C=N–C) groups is 1. The summed E-state index contributed by atoms with van der Waals surface area (Å²) in [5.41, 5.74) is -0.933. The van der Waals surface area contributed by atoms with Gasteiger partial charge in [0.05, 0.1) is 13.2 Å². The quantitative estimate of drug-likeness (QED) is 0.276. The molecule has 5 nitrogen and oxygen atoms in total. The molecule has 0 amide bonds. The van der Waals surface area contributed by atoms with E-state index in [0.29, 0.717) is 25.7 Å². The molecule has 1 aromatic heterocycles. The summed E-state index contributed by atoms with van der Waals surface area (Å²) in [7, 11) is 1.66. The number of hydrogen-bond donors (Lipinski definition) is 3. The minimum atomic E-state index is -0.933. The molecule has 0 fully saturated rings. The first-order chi connectivity index (χ1) is 9.10. The van der Waals surface area contributed by atoms with Crippen molar-refractivity contribution in [1.82, 2.24) is 10.6 Å². The molecule has 0 bridgehead atoms. The molecule has 1 unspecified atom stereocenters. The van der Waals surface area contributed by atoms with Gasteiger partial charge in [-0.25, -0.2) is 4.99 Å². The average Bonchev–Trinajstić information content (AvgIpc) is 2.91. The Balaban J connectivity index is 0.00000361. The normalized spacial score (nSPS) is 14.3. The van der Waals surface area contributed by atoms with Gasteiger partial charge in [-0.05, 0) is 25.3 Å². The number of rotatable bonds is 7. The molecule has 0 saturated carbocycles. The van der Waals surface area contributed by atoms with Crippen LogP contribution < -0.4 is 10.6 Å². The predicted octanol–water partition coefficient (Wildman–Crippen LogP) is 1.78. The van der Waals surface area contributed by atoms with E-state index in [-0.39, 0.29) is 24.0 Å². The van der Waals surface area contributed by atoms with Crippen LogP contribution in [0.2, 0.25) is 0 Å². The summed E-state index contributed by atoms with van der Waals surface area (Å²) < 4.78 is 4.98. The Morgan fingerprint density at radius 2 is 2.25 bits per heavy atom. The Hall–Kier alpha value is -0.380. The average molecular weight is 413 g/mol. The maximum atomic E-state index is 10.4. The van der Waals surface area contributed by atoms with Crippen LogP contribution in [-0.2, 0) is 10.3 Å². The van der Waals surface area contributed by atoms with Gasteiger partial charge in [0.2, 0.25) is 0 Å². The summed E-state index contributed by atoms with van der Waals surface area (Å²) in [4.78, 5) is 5.33. The maximum absolute atomic E-state index is 10.4. The number of thiophene rings is 1. The Bertz CT molecular complexity index is 383. The van der Waals surface area contributed by atoms with E-state index in [0.717, 1.165) is 11.4 Å². The second kappa shape index (κ2) is 10.4. The van der Waals surface area contributed by atoms with Crippen LogP contribution in [0, 0.1) is 0 Å². The number of hydrogen-bond acceptors (Lipinski definition) is 4. The summed E-state index contributed by atoms with van der Waals surface area (Å²) in [6.45, 7) is 6.18. The molecular weight excluding hydrogens is 389 g/mol. The van der Waals surface area contributed by atoms with Crippen molar-refractivity contribution in [2.45, 2.75) is 19.4 Å². The van der Waals surface area contributed by atoms with Crippen molar-refractivity contribution < 1.29 is 9.84 Å². The monoisotopic (exact) mass is 413 g/mol. The summed E-state index contributed by atoms with van der Waals surface area (Å²) in [5.74, 6) is 0.691. The molecule has 0 aromatic carbocycles. The molecule has 20 heavy (non-hydrogen) atoms. The molecule has 116 valence electrons. The highest BCUT2D eigenvalue weighted by atomic mass is 127. The van der Waals surface area contributed by atoms with Crippen molar-refractivity contribution >= 4 is 41.3 Å². The lowest BCUT2D eigenvalue weighted by Gasteiger charge is -2.20. The SMILES string of the molecule is CCNC(=NCC(C)(O)c1cccs1)NCCOC.I. The first-order valence-corrected chi connectivity index (χ1v) is 7.25. The van der Waals surface area contributed by atoms with Gasteiger partial charge >= 0.3 is 0 Å². The fourth-order valence-corrected chi connectivity index (χ4v) is 2.29. The number of nitrogens with zero attached hydrogens (tertiary/aromatic N) is 1. The van der Waals surface area contributed by atoms with E-state index in [1.54, 1.807) is 14.0 Å². The highest BCUT2D eigenvalue weighted by molar-refractivity contribution is 14.0. The summed E-state index contributed by atoms with van der Waals surface area (Å²) in [6, 6.07) is 3.85. The van der Waals surface area contributed by atoms with E-state index in [1.165, 1.54) is 11.3 Å². The van der Waals surface area contributed by atoms with Gasteiger partial charge in [-0.3, -0.25) is 0 Å². The summed E-state index contributed by atoms with van der Waals surface area (Å²) >= 11 is 1.54. The van der Waals surface area contributed by atoms with Gasteiger partial charge in [-0.15, -0.1) is 35.3 Å². The molecule has 0 saturated heterocycles. The summed E-state index contributed by atoms with van der Waals surface area (Å²) in [6.07, 6.45) is 0. The van der Waals surface area contributed by atoms with Crippen molar-refractivity contribution in [2.75, 3.05) is 33.4 Å². The van der Waals surface area contributed by atoms with Gasteiger partial charge in [0.15, 0.2) is 5.96 Å². The third kappa shape index (κ3) is 6.87. The lowest BCUT2D eigenvalue weighted by atomic mass is 10.1. The molecule has 0 radical (unpaired) electrons. The minimum Gasteiger partial charge on any atom is -0.383 e. The molecule has 0 aliphatic carbocycles. The van der Waals surface area contributed by atoms with Crippen LogP contribution in [0.5, 0.6) is 0 Å². The molecule has 1 heterocycles. The zero-order chi connectivity index (χ0) is 14.1.